The largest absolute Gasteiger partial charge is 0.495 e. The molecule has 1 aliphatic rings. The summed E-state index contributed by atoms with van der Waals surface area (Å²) >= 11 is 0. The fraction of sp³-hybridized carbons (Fsp3) is 0.333. The van der Waals surface area contributed by atoms with Crippen LogP contribution in [0.15, 0.2) is 36.7 Å². The maximum absolute atomic E-state index is 5.66. The van der Waals surface area contributed by atoms with Crippen molar-refractivity contribution in [3.63, 3.8) is 0 Å². The number of anilines is 3. The molecule has 9 nitrogen and oxygen atoms in total. The van der Waals surface area contributed by atoms with Crippen LogP contribution in [0, 0.1) is 13.8 Å². The van der Waals surface area contributed by atoms with Crippen molar-refractivity contribution in [2.75, 3.05) is 31.0 Å². The molecular formula is C24H27N7O2. The van der Waals surface area contributed by atoms with Crippen molar-refractivity contribution in [3.8, 4) is 17.0 Å². The fourth-order valence-electron chi connectivity index (χ4n) is 4.11. The molecule has 3 aromatic heterocycles. The third-order valence-electron chi connectivity index (χ3n) is 6.15. The van der Waals surface area contributed by atoms with E-state index >= 15 is 0 Å². The van der Waals surface area contributed by atoms with Crippen LogP contribution >= 0.6 is 0 Å². The Balaban J connectivity index is 1.50. The van der Waals surface area contributed by atoms with Crippen molar-refractivity contribution in [3.05, 3.63) is 48.2 Å². The van der Waals surface area contributed by atoms with Gasteiger partial charge in [0.1, 0.15) is 23.3 Å². The monoisotopic (exact) mass is 445 g/mol. The van der Waals surface area contributed by atoms with Crippen LogP contribution < -0.4 is 15.0 Å². The summed E-state index contributed by atoms with van der Waals surface area (Å²) in [7, 11) is 5.37. The van der Waals surface area contributed by atoms with Gasteiger partial charge in [0.15, 0.2) is 5.82 Å². The summed E-state index contributed by atoms with van der Waals surface area (Å²) in [6.45, 7) is 4.85. The molecule has 5 rings (SSSR count). The third kappa shape index (κ3) is 3.74. The van der Waals surface area contributed by atoms with Crippen molar-refractivity contribution < 1.29 is 9.47 Å². The Kier molecular flexibility index (Phi) is 5.33. The topological polar surface area (TPSA) is 90.2 Å². The molecule has 0 bridgehead atoms. The minimum atomic E-state index is 0.0251. The molecule has 0 amide bonds. The minimum absolute atomic E-state index is 0.0251. The SMILES string of the molecule is COc1cc(-c2cnc(C)n2C)ccc1Nc1ncc2cc(C)nc(N3CCC3OC)c2n1. The van der Waals surface area contributed by atoms with Crippen molar-refractivity contribution in [2.45, 2.75) is 26.5 Å². The number of rotatable bonds is 6. The summed E-state index contributed by atoms with van der Waals surface area (Å²) in [6.07, 6.45) is 4.69. The zero-order valence-electron chi connectivity index (χ0n) is 19.5. The Hall–Kier alpha value is -3.72. The molecule has 33 heavy (non-hydrogen) atoms. The number of hydrogen-bond donors (Lipinski definition) is 1. The maximum Gasteiger partial charge on any atom is 0.227 e. The number of nitrogens with one attached hydrogen (secondary N) is 1. The average Bonchev–Trinajstić information content (AvgIpc) is 3.12. The zero-order valence-corrected chi connectivity index (χ0v) is 19.5. The second-order valence-electron chi connectivity index (χ2n) is 8.18. The van der Waals surface area contributed by atoms with E-state index < -0.39 is 0 Å². The number of aromatic nitrogens is 5. The summed E-state index contributed by atoms with van der Waals surface area (Å²) in [5, 5.41) is 4.25. The predicted molar refractivity (Wildman–Crippen MR) is 128 cm³/mol. The van der Waals surface area contributed by atoms with Crippen LogP contribution in [0.4, 0.5) is 17.5 Å². The first kappa shape index (κ1) is 21.1. The molecule has 1 atom stereocenters. The van der Waals surface area contributed by atoms with Gasteiger partial charge in [-0.2, -0.15) is 0 Å². The second-order valence-corrected chi connectivity index (χ2v) is 8.18. The van der Waals surface area contributed by atoms with Gasteiger partial charge < -0.3 is 24.3 Å². The van der Waals surface area contributed by atoms with Gasteiger partial charge in [-0.3, -0.25) is 0 Å². The smallest absolute Gasteiger partial charge is 0.227 e. The van der Waals surface area contributed by atoms with Crippen LogP contribution in [0.5, 0.6) is 5.75 Å². The van der Waals surface area contributed by atoms with Crippen molar-refractivity contribution in [2.24, 2.45) is 7.05 Å². The lowest BCUT2D eigenvalue weighted by molar-refractivity contribution is 0.0553. The molecule has 4 heterocycles. The maximum atomic E-state index is 5.66. The lowest BCUT2D eigenvalue weighted by Crippen LogP contribution is -2.49. The van der Waals surface area contributed by atoms with Gasteiger partial charge in [-0.05, 0) is 32.0 Å². The first-order chi connectivity index (χ1) is 16.0. The lowest BCUT2D eigenvalue weighted by atomic mass is 10.1. The number of pyridine rings is 1. The molecule has 1 saturated heterocycles. The number of fused-ring (bicyclic) bond motifs is 1. The highest BCUT2D eigenvalue weighted by Gasteiger charge is 2.31. The van der Waals surface area contributed by atoms with Crippen molar-refractivity contribution in [1.82, 2.24) is 24.5 Å². The van der Waals surface area contributed by atoms with Crippen LogP contribution in [0.25, 0.3) is 22.2 Å². The van der Waals surface area contributed by atoms with Gasteiger partial charge in [0.2, 0.25) is 5.95 Å². The molecule has 1 unspecified atom stereocenters. The van der Waals surface area contributed by atoms with Gasteiger partial charge in [0.25, 0.3) is 0 Å². The minimum Gasteiger partial charge on any atom is -0.495 e. The van der Waals surface area contributed by atoms with Crippen molar-refractivity contribution in [1.29, 1.82) is 0 Å². The van der Waals surface area contributed by atoms with Gasteiger partial charge in [0, 0.05) is 50.0 Å². The van der Waals surface area contributed by atoms with E-state index in [1.54, 1.807) is 14.2 Å². The number of aryl methyl sites for hydroxylation is 2. The Morgan fingerprint density at radius 3 is 2.58 bits per heavy atom. The first-order valence-corrected chi connectivity index (χ1v) is 10.9. The molecule has 1 aromatic carbocycles. The number of ether oxygens (including phenoxy) is 2. The molecule has 0 radical (unpaired) electrons. The highest BCUT2D eigenvalue weighted by molar-refractivity contribution is 5.90. The Morgan fingerprint density at radius 1 is 1.06 bits per heavy atom. The summed E-state index contributed by atoms with van der Waals surface area (Å²) in [5.74, 6) is 2.95. The molecular weight excluding hydrogens is 418 g/mol. The van der Waals surface area contributed by atoms with E-state index in [-0.39, 0.29) is 6.23 Å². The Bertz CT molecular complexity index is 1330. The standard InChI is InChI=1S/C24H27N7O2/c1-14-10-17-12-26-24(29-22(17)23(27-14)31-9-8-21(31)33-5)28-18-7-6-16(11-20(18)32-4)19-13-25-15(2)30(19)3/h6-7,10-13,21H,8-9H2,1-5H3,(H,26,28,29). The van der Waals surface area contributed by atoms with E-state index in [2.05, 4.69) is 20.2 Å². The molecule has 0 aliphatic carbocycles. The Morgan fingerprint density at radius 2 is 1.91 bits per heavy atom. The molecule has 1 fully saturated rings. The molecule has 1 aliphatic heterocycles. The fourth-order valence-corrected chi connectivity index (χ4v) is 4.11. The molecule has 4 aromatic rings. The van der Waals surface area contributed by atoms with Gasteiger partial charge >= 0.3 is 0 Å². The molecule has 0 spiro atoms. The second kappa shape index (κ2) is 8.32. The van der Waals surface area contributed by atoms with Crippen LogP contribution in [0.1, 0.15) is 17.9 Å². The van der Waals surface area contributed by atoms with Crippen LogP contribution in [0.2, 0.25) is 0 Å². The third-order valence-corrected chi connectivity index (χ3v) is 6.15. The number of imidazole rings is 1. The summed E-state index contributed by atoms with van der Waals surface area (Å²) in [4.78, 5) is 20.6. The van der Waals surface area contributed by atoms with E-state index in [0.29, 0.717) is 11.7 Å². The summed E-state index contributed by atoms with van der Waals surface area (Å²) < 4.78 is 13.3. The number of hydrogen-bond acceptors (Lipinski definition) is 8. The van der Waals surface area contributed by atoms with Crippen LogP contribution in [-0.2, 0) is 11.8 Å². The van der Waals surface area contributed by atoms with Gasteiger partial charge in [-0.15, -0.1) is 0 Å². The number of benzene rings is 1. The normalized spacial score (nSPS) is 15.5. The van der Waals surface area contributed by atoms with Crippen LogP contribution in [-0.4, -0.2) is 51.5 Å². The Labute approximate surface area is 192 Å². The van der Waals surface area contributed by atoms with E-state index in [1.807, 2.05) is 62.1 Å². The van der Waals surface area contributed by atoms with E-state index in [1.165, 1.54) is 0 Å². The molecule has 0 saturated carbocycles. The molecule has 170 valence electrons. The van der Waals surface area contributed by atoms with Gasteiger partial charge in [-0.1, -0.05) is 6.07 Å². The molecule has 9 heteroatoms. The number of nitrogens with zero attached hydrogens (tertiary/aromatic N) is 6. The van der Waals surface area contributed by atoms with Gasteiger partial charge in [0.05, 0.1) is 24.7 Å². The highest BCUT2D eigenvalue weighted by Crippen LogP contribution is 2.34. The predicted octanol–water partition coefficient (Wildman–Crippen LogP) is 3.98. The summed E-state index contributed by atoms with van der Waals surface area (Å²) in [6, 6.07) is 7.98. The summed E-state index contributed by atoms with van der Waals surface area (Å²) in [5.41, 5.74) is 4.53. The van der Waals surface area contributed by atoms with E-state index in [9.17, 15) is 0 Å². The molecule has 1 N–H and O–H groups in total. The lowest BCUT2D eigenvalue weighted by Gasteiger charge is -2.40. The number of methoxy groups -OCH3 is 2. The first-order valence-electron chi connectivity index (χ1n) is 10.9. The van der Waals surface area contributed by atoms with Gasteiger partial charge in [-0.25, -0.2) is 19.9 Å². The zero-order chi connectivity index (χ0) is 23.1. The van der Waals surface area contributed by atoms with Crippen LogP contribution in [0.3, 0.4) is 0 Å². The highest BCUT2D eigenvalue weighted by atomic mass is 16.5. The van der Waals surface area contributed by atoms with E-state index in [4.69, 9.17) is 19.4 Å². The van der Waals surface area contributed by atoms with E-state index in [0.717, 1.165) is 58.1 Å². The average molecular weight is 446 g/mol. The van der Waals surface area contributed by atoms with Crippen molar-refractivity contribution >= 4 is 28.4 Å². The quantitative estimate of drug-likeness (QED) is 0.477.